The van der Waals surface area contributed by atoms with E-state index in [1.807, 2.05) is 17.5 Å². The minimum atomic E-state index is -0.937. The topological polar surface area (TPSA) is 49.3 Å². The summed E-state index contributed by atoms with van der Waals surface area (Å²) >= 11 is 1.40. The maximum absolute atomic E-state index is 11.7. The van der Waals surface area contributed by atoms with E-state index in [1.54, 1.807) is 30.3 Å². The zero-order chi connectivity index (χ0) is 11.4. The van der Waals surface area contributed by atoms with Crippen molar-refractivity contribution in [1.82, 2.24) is 5.32 Å². The summed E-state index contributed by atoms with van der Waals surface area (Å²) in [5.41, 5.74) is 0.540. The molecule has 1 aromatic heterocycles. The first-order valence-electron chi connectivity index (χ1n) is 4.85. The summed E-state index contributed by atoms with van der Waals surface area (Å²) in [6.07, 6.45) is -0.937. The lowest BCUT2D eigenvalue weighted by atomic mass is 10.2. The van der Waals surface area contributed by atoms with Crippen molar-refractivity contribution in [3.05, 3.63) is 58.3 Å². The van der Waals surface area contributed by atoms with Crippen molar-refractivity contribution in [3.8, 4) is 0 Å². The zero-order valence-corrected chi connectivity index (χ0v) is 10.5. The van der Waals surface area contributed by atoms with E-state index in [0.29, 0.717) is 5.56 Å². The van der Waals surface area contributed by atoms with Crippen LogP contribution in [0.1, 0.15) is 21.5 Å². The van der Waals surface area contributed by atoms with Crippen LogP contribution in [-0.4, -0.2) is 11.0 Å². The number of nitrogens with one attached hydrogen (secondary N) is 1. The second-order valence-corrected chi connectivity index (χ2v) is 4.24. The summed E-state index contributed by atoms with van der Waals surface area (Å²) in [4.78, 5) is 12.4. The van der Waals surface area contributed by atoms with Gasteiger partial charge in [0.05, 0.1) is 4.88 Å². The van der Waals surface area contributed by atoms with Crippen LogP contribution in [0, 0.1) is 0 Å². The van der Waals surface area contributed by atoms with Gasteiger partial charge in [-0.15, -0.1) is 23.7 Å². The number of halogens is 1. The molecular weight excluding hydrogens is 258 g/mol. The van der Waals surface area contributed by atoms with Crippen LogP contribution in [0.15, 0.2) is 47.8 Å². The molecule has 17 heavy (non-hydrogen) atoms. The predicted octanol–water partition coefficient (Wildman–Crippen LogP) is 2.59. The van der Waals surface area contributed by atoms with Crippen molar-refractivity contribution < 1.29 is 9.90 Å². The highest BCUT2D eigenvalue weighted by atomic mass is 35.5. The molecule has 1 aromatic carbocycles. The predicted molar refractivity (Wildman–Crippen MR) is 70.4 cm³/mol. The Hall–Kier alpha value is -1.36. The van der Waals surface area contributed by atoms with Crippen LogP contribution in [0.4, 0.5) is 0 Å². The molecule has 0 spiro atoms. The largest absolute Gasteiger partial charge is 0.369 e. The van der Waals surface area contributed by atoms with Gasteiger partial charge in [0.1, 0.15) is 0 Å². The minimum absolute atomic E-state index is 0. The Bertz CT molecular complexity index is 459. The number of hydrogen-bond acceptors (Lipinski definition) is 3. The average molecular weight is 270 g/mol. The number of aliphatic hydroxyl groups is 1. The third kappa shape index (κ3) is 3.56. The molecule has 1 heterocycles. The van der Waals surface area contributed by atoms with Gasteiger partial charge in [-0.2, -0.15) is 0 Å². The molecule has 0 saturated heterocycles. The van der Waals surface area contributed by atoms with Crippen molar-refractivity contribution in [2.75, 3.05) is 0 Å². The van der Waals surface area contributed by atoms with Crippen molar-refractivity contribution >= 4 is 29.7 Å². The number of aliphatic hydroxyl groups excluding tert-OH is 1. The normalized spacial score (nSPS) is 11.4. The lowest BCUT2D eigenvalue weighted by Crippen LogP contribution is -2.27. The number of amides is 1. The molecule has 0 aliphatic carbocycles. The minimum Gasteiger partial charge on any atom is -0.369 e. The highest BCUT2D eigenvalue weighted by Gasteiger charge is 2.12. The van der Waals surface area contributed by atoms with Gasteiger partial charge in [0.25, 0.3) is 5.91 Å². The summed E-state index contributed by atoms with van der Waals surface area (Å²) in [5.74, 6) is -0.276. The molecule has 0 aliphatic rings. The molecule has 0 aliphatic heterocycles. The van der Waals surface area contributed by atoms with E-state index in [4.69, 9.17) is 0 Å². The van der Waals surface area contributed by atoms with Gasteiger partial charge < -0.3 is 10.4 Å². The van der Waals surface area contributed by atoms with Crippen LogP contribution in [0.2, 0.25) is 0 Å². The van der Waals surface area contributed by atoms with E-state index in [-0.39, 0.29) is 18.3 Å². The van der Waals surface area contributed by atoms with Gasteiger partial charge in [-0.1, -0.05) is 24.3 Å². The standard InChI is InChI=1S/C12H11NO2S.ClH/c14-11(9-5-2-1-3-6-9)13-12(15)10-7-4-8-16-10;/h1-8,12,15H,(H,13,14);1H. The molecule has 2 N–H and O–H groups in total. The van der Waals surface area contributed by atoms with Crippen LogP contribution in [0.5, 0.6) is 0 Å². The van der Waals surface area contributed by atoms with E-state index < -0.39 is 6.23 Å². The Morgan fingerprint density at radius 3 is 2.47 bits per heavy atom. The lowest BCUT2D eigenvalue weighted by molar-refractivity contribution is 0.0791. The van der Waals surface area contributed by atoms with E-state index in [0.717, 1.165) is 4.88 Å². The number of thiophene rings is 1. The fraction of sp³-hybridized carbons (Fsp3) is 0.0833. The number of benzene rings is 1. The van der Waals surface area contributed by atoms with E-state index in [2.05, 4.69) is 5.32 Å². The third-order valence-electron chi connectivity index (χ3n) is 2.12. The van der Waals surface area contributed by atoms with Crippen molar-refractivity contribution in [3.63, 3.8) is 0 Å². The molecule has 1 amide bonds. The van der Waals surface area contributed by atoms with Crippen LogP contribution in [0.3, 0.4) is 0 Å². The first-order chi connectivity index (χ1) is 7.77. The molecule has 2 rings (SSSR count). The Morgan fingerprint density at radius 2 is 1.88 bits per heavy atom. The second-order valence-electron chi connectivity index (χ2n) is 3.26. The van der Waals surface area contributed by atoms with Gasteiger partial charge in [0.15, 0.2) is 6.23 Å². The van der Waals surface area contributed by atoms with E-state index >= 15 is 0 Å². The molecule has 5 heteroatoms. The van der Waals surface area contributed by atoms with E-state index in [1.165, 1.54) is 11.3 Å². The molecule has 0 saturated carbocycles. The molecule has 1 atom stereocenters. The first kappa shape index (κ1) is 13.7. The van der Waals surface area contributed by atoms with Gasteiger partial charge in [-0.25, -0.2) is 0 Å². The zero-order valence-electron chi connectivity index (χ0n) is 8.87. The molecule has 0 bridgehead atoms. The maximum atomic E-state index is 11.7. The molecule has 2 aromatic rings. The maximum Gasteiger partial charge on any atom is 0.253 e. The molecular formula is C12H12ClNO2S. The van der Waals surface area contributed by atoms with Crippen LogP contribution in [-0.2, 0) is 0 Å². The molecule has 3 nitrogen and oxygen atoms in total. The first-order valence-corrected chi connectivity index (χ1v) is 5.73. The Morgan fingerprint density at radius 1 is 1.18 bits per heavy atom. The number of rotatable bonds is 3. The summed E-state index contributed by atoms with van der Waals surface area (Å²) in [5, 5.41) is 14.1. The Balaban J connectivity index is 0.00000144. The number of hydrogen-bond donors (Lipinski definition) is 2. The fourth-order valence-electron chi connectivity index (χ4n) is 1.32. The molecule has 90 valence electrons. The second kappa shape index (κ2) is 6.39. The molecule has 1 unspecified atom stereocenters. The number of carbonyl (C=O) groups excluding carboxylic acids is 1. The van der Waals surface area contributed by atoms with Gasteiger partial charge in [-0.3, -0.25) is 4.79 Å². The fourth-order valence-corrected chi connectivity index (χ4v) is 1.97. The smallest absolute Gasteiger partial charge is 0.253 e. The third-order valence-corrected chi connectivity index (χ3v) is 3.04. The average Bonchev–Trinajstić information content (AvgIpc) is 2.83. The highest BCUT2D eigenvalue weighted by Crippen LogP contribution is 2.16. The summed E-state index contributed by atoms with van der Waals surface area (Å²) in [7, 11) is 0. The van der Waals surface area contributed by atoms with Crippen molar-refractivity contribution in [1.29, 1.82) is 0 Å². The lowest BCUT2D eigenvalue weighted by Gasteiger charge is -2.10. The Labute approximate surface area is 110 Å². The summed E-state index contributed by atoms with van der Waals surface area (Å²) in [6.45, 7) is 0. The molecule has 0 fully saturated rings. The quantitative estimate of drug-likeness (QED) is 0.842. The highest BCUT2D eigenvalue weighted by molar-refractivity contribution is 7.10. The van der Waals surface area contributed by atoms with Gasteiger partial charge in [0.2, 0.25) is 0 Å². The monoisotopic (exact) mass is 269 g/mol. The van der Waals surface area contributed by atoms with Gasteiger partial charge >= 0.3 is 0 Å². The van der Waals surface area contributed by atoms with Crippen LogP contribution >= 0.6 is 23.7 Å². The SMILES string of the molecule is Cl.O=C(NC(O)c1cccs1)c1ccccc1. The van der Waals surface area contributed by atoms with Crippen LogP contribution < -0.4 is 5.32 Å². The summed E-state index contributed by atoms with van der Waals surface area (Å²) < 4.78 is 0. The Kier molecular flexibility index (Phi) is 5.15. The molecule has 0 radical (unpaired) electrons. The van der Waals surface area contributed by atoms with Gasteiger partial charge in [-0.05, 0) is 23.6 Å². The van der Waals surface area contributed by atoms with Crippen LogP contribution in [0.25, 0.3) is 0 Å². The summed E-state index contributed by atoms with van der Waals surface area (Å²) in [6, 6.07) is 12.4. The number of carbonyl (C=O) groups is 1. The van der Waals surface area contributed by atoms with E-state index in [9.17, 15) is 9.90 Å². The van der Waals surface area contributed by atoms with Crippen molar-refractivity contribution in [2.24, 2.45) is 0 Å². The van der Waals surface area contributed by atoms with Gasteiger partial charge in [0, 0.05) is 5.56 Å². The van der Waals surface area contributed by atoms with Crippen molar-refractivity contribution in [2.45, 2.75) is 6.23 Å².